The van der Waals surface area contributed by atoms with Gasteiger partial charge in [0.2, 0.25) is 0 Å². The van der Waals surface area contributed by atoms with Crippen LogP contribution in [0.5, 0.6) is 0 Å². The molecular weight excluding hydrogens is 258 g/mol. The van der Waals surface area contributed by atoms with Gasteiger partial charge >= 0.3 is 0 Å². The average molecular weight is 270 g/mol. The van der Waals surface area contributed by atoms with Gasteiger partial charge in [-0.25, -0.2) is 9.97 Å². The van der Waals surface area contributed by atoms with Crippen molar-refractivity contribution in [2.45, 2.75) is 13.2 Å². The van der Waals surface area contributed by atoms with E-state index < -0.39 is 0 Å². The van der Waals surface area contributed by atoms with E-state index in [-0.39, 0.29) is 6.61 Å². The summed E-state index contributed by atoms with van der Waals surface area (Å²) in [7, 11) is 1.91. The zero-order chi connectivity index (χ0) is 12.3. The first-order valence-corrected chi connectivity index (χ1v) is 6.37. The normalized spacial score (nSPS) is 10.5. The maximum atomic E-state index is 9.29. The zero-order valence-electron chi connectivity index (χ0n) is 9.30. The molecule has 0 fully saturated rings. The third-order valence-electron chi connectivity index (χ3n) is 2.39. The third kappa shape index (κ3) is 2.74. The van der Waals surface area contributed by atoms with Gasteiger partial charge in [-0.15, -0.1) is 0 Å². The van der Waals surface area contributed by atoms with Gasteiger partial charge in [0, 0.05) is 13.6 Å². The van der Waals surface area contributed by atoms with Gasteiger partial charge in [-0.05, 0) is 22.4 Å². The summed E-state index contributed by atoms with van der Waals surface area (Å²) in [5.74, 6) is 0.665. The van der Waals surface area contributed by atoms with Crippen LogP contribution >= 0.6 is 22.9 Å². The van der Waals surface area contributed by atoms with E-state index in [2.05, 4.69) is 21.4 Å². The van der Waals surface area contributed by atoms with Crippen molar-refractivity contribution in [1.29, 1.82) is 0 Å². The topological polar surface area (TPSA) is 49.2 Å². The molecule has 0 amide bonds. The molecule has 2 aromatic heterocycles. The average Bonchev–Trinajstić information content (AvgIpc) is 2.81. The summed E-state index contributed by atoms with van der Waals surface area (Å²) in [5.41, 5.74) is 1.77. The Morgan fingerprint density at radius 2 is 2.29 bits per heavy atom. The minimum absolute atomic E-state index is 0.164. The Kier molecular flexibility index (Phi) is 3.93. The minimum Gasteiger partial charge on any atom is -0.391 e. The van der Waals surface area contributed by atoms with Crippen LogP contribution in [0.25, 0.3) is 0 Å². The van der Waals surface area contributed by atoms with Gasteiger partial charge in [0.1, 0.15) is 17.3 Å². The molecule has 2 heterocycles. The largest absolute Gasteiger partial charge is 0.391 e. The second kappa shape index (κ2) is 5.44. The van der Waals surface area contributed by atoms with Crippen molar-refractivity contribution in [3.05, 3.63) is 39.4 Å². The van der Waals surface area contributed by atoms with Gasteiger partial charge in [0.05, 0.1) is 12.2 Å². The van der Waals surface area contributed by atoms with Gasteiger partial charge in [0.15, 0.2) is 0 Å². The first kappa shape index (κ1) is 12.3. The molecule has 4 nitrogen and oxygen atoms in total. The second-order valence-electron chi connectivity index (χ2n) is 3.61. The lowest BCUT2D eigenvalue weighted by molar-refractivity contribution is 0.281. The van der Waals surface area contributed by atoms with Crippen molar-refractivity contribution in [1.82, 2.24) is 9.97 Å². The molecule has 0 saturated heterocycles. The van der Waals surface area contributed by atoms with Crippen LogP contribution in [-0.4, -0.2) is 22.1 Å². The van der Waals surface area contributed by atoms with Crippen LogP contribution < -0.4 is 4.90 Å². The molecule has 17 heavy (non-hydrogen) atoms. The molecule has 0 atom stereocenters. The number of hydrogen-bond acceptors (Lipinski definition) is 5. The lowest BCUT2D eigenvalue weighted by Crippen LogP contribution is -2.19. The molecule has 0 saturated carbocycles. The lowest BCUT2D eigenvalue weighted by Gasteiger charge is -2.20. The van der Waals surface area contributed by atoms with Crippen LogP contribution in [0.15, 0.2) is 23.2 Å². The Hall–Kier alpha value is -1.17. The number of aliphatic hydroxyl groups is 1. The number of halogens is 1. The van der Waals surface area contributed by atoms with Gasteiger partial charge in [0.25, 0.3) is 0 Å². The summed E-state index contributed by atoms with van der Waals surface area (Å²) in [6, 6.07) is 2.06. The van der Waals surface area contributed by atoms with Crippen LogP contribution in [0, 0.1) is 0 Å². The van der Waals surface area contributed by atoms with Gasteiger partial charge in [-0.1, -0.05) is 11.6 Å². The van der Waals surface area contributed by atoms with Crippen LogP contribution in [0.3, 0.4) is 0 Å². The van der Waals surface area contributed by atoms with Crippen LogP contribution in [-0.2, 0) is 13.2 Å². The highest BCUT2D eigenvalue weighted by Gasteiger charge is 2.13. The fourth-order valence-electron chi connectivity index (χ4n) is 1.58. The second-order valence-corrected chi connectivity index (χ2v) is 4.75. The van der Waals surface area contributed by atoms with Gasteiger partial charge in [-0.3, -0.25) is 0 Å². The highest BCUT2D eigenvalue weighted by atomic mass is 35.5. The first-order chi connectivity index (χ1) is 8.22. The minimum atomic E-state index is -0.164. The number of anilines is 1. The van der Waals surface area contributed by atoms with Crippen molar-refractivity contribution in [3.63, 3.8) is 0 Å². The molecule has 0 aliphatic heterocycles. The van der Waals surface area contributed by atoms with Crippen LogP contribution in [0.4, 0.5) is 5.82 Å². The molecule has 2 rings (SSSR count). The summed E-state index contributed by atoms with van der Waals surface area (Å²) >= 11 is 7.57. The lowest BCUT2D eigenvalue weighted by atomic mass is 10.2. The highest BCUT2D eigenvalue weighted by Crippen LogP contribution is 2.23. The van der Waals surface area contributed by atoms with Crippen molar-refractivity contribution in [2.24, 2.45) is 0 Å². The number of rotatable bonds is 4. The molecule has 1 N–H and O–H groups in total. The van der Waals surface area contributed by atoms with E-state index in [1.54, 1.807) is 11.3 Å². The summed E-state index contributed by atoms with van der Waals surface area (Å²) in [4.78, 5) is 9.97. The molecule has 6 heteroatoms. The van der Waals surface area contributed by atoms with Gasteiger partial charge < -0.3 is 10.0 Å². The van der Waals surface area contributed by atoms with E-state index in [1.807, 2.05) is 17.3 Å². The maximum absolute atomic E-state index is 9.29. The van der Waals surface area contributed by atoms with E-state index in [0.29, 0.717) is 16.5 Å². The fourth-order valence-corrected chi connectivity index (χ4v) is 2.43. The molecule has 0 bridgehead atoms. The quantitative estimate of drug-likeness (QED) is 0.866. The predicted molar refractivity (Wildman–Crippen MR) is 69.4 cm³/mol. The molecule has 0 aliphatic carbocycles. The molecule has 90 valence electrons. The Labute approximate surface area is 109 Å². The third-order valence-corrected chi connectivity index (χ3v) is 3.45. The Morgan fingerprint density at radius 1 is 1.47 bits per heavy atom. The van der Waals surface area contributed by atoms with Crippen LogP contribution in [0.2, 0.25) is 5.15 Å². The van der Waals surface area contributed by atoms with E-state index in [0.717, 1.165) is 6.54 Å². The predicted octanol–water partition coefficient (Wildman–Crippen LogP) is 2.32. The van der Waals surface area contributed by atoms with Crippen LogP contribution in [0.1, 0.15) is 11.1 Å². The molecule has 0 spiro atoms. The zero-order valence-corrected chi connectivity index (χ0v) is 10.9. The fraction of sp³-hybridized carbons (Fsp3) is 0.273. The van der Waals surface area contributed by atoms with E-state index in [1.165, 1.54) is 11.9 Å². The molecule has 0 unspecified atom stereocenters. The number of nitrogens with zero attached hydrogens (tertiary/aromatic N) is 3. The monoisotopic (exact) mass is 269 g/mol. The number of aromatic nitrogens is 2. The van der Waals surface area contributed by atoms with Crippen molar-refractivity contribution in [2.75, 3.05) is 11.9 Å². The molecular formula is C11H12ClN3OS. The summed E-state index contributed by atoms with van der Waals surface area (Å²) in [6.07, 6.45) is 1.40. The molecule has 2 aromatic rings. The van der Waals surface area contributed by atoms with Crippen molar-refractivity contribution < 1.29 is 5.11 Å². The Balaban J connectivity index is 2.24. The highest BCUT2D eigenvalue weighted by molar-refractivity contribution is 7.07. The molecule has 0 aromatic carbocycles. The first-order valence-electron chi connectivity index (χ1n) is 5.05. The van der Waals surface area contributed by atoms with E-state index in [4.69, 9.17) is 11.6 Å². The molecule has 0 aliphatic rings. The summed E-state index contributed by atoms with van der Waals surface area (Å²) < 4.78 is 0. The number of aliphatic hydroxyl groups excluding tert-OH is 1. The smallest absolute Gasteiger partial charge is 0.140 e. The SMILES string of the molecule is CN(Cc1ccsc1)c1ncnc(Cl)c1CO. The Morgan fingerprint density at radius 3 is 2.94 bits per heavy atom. The van der Waals surface area contributed by atoms with E-state index >= 15 is 0 Å². The summed E-state index contributed by atoms with van der Waals surface area (Å²) in [5, 5.41) is 13.7. The Bertz CT molecular complexity index is 489. The van der Waals surface area contributed by atoms with Crippen molar-refractivity contribution in [3.8, 4) is 0 Å². The maximum Gasteiger partial charge on any atom is 0.140 e. The number of thiophene rings is 1. The van der Waals surface area contributed by atoms with Crippen molar-refractivity contribution >= 4 is 28.8 Å². The van der Waals surface area contributed by atoms with E-state index in [9.17, 15) is 5.11 Å². The number of hydrogen-bond donors (Lipinski definition) is 1. The molecule has 0 radical (unpaired) electrons. The summed E-state index contributed by atoms with van der Waals surface area (Å²) in [6.45, 7) is 0.562. The standard InChI is InChI=1S/C11H12ClN3OS/c1-15(4-8-2-3-17-6-8)11-9(5-16)10(12)13-7-14-11/h2-3,6-7,16H,4-5H2,1H3. The van der Waals surface area contributed by atoms with Gasteiger partial charge in [-0.2, -0.15) is 11.3 Å².